The van der Waals surface area contributed by atoms with Gasteiger partial charge in [-0.15, -0.1) is 0 Å². The number of aliphatic hydroxyl groups is 1. The van der Waals surface area contributed by atoms with Gasteiger partial charge in [-0.2, -0.15) is 0 Å². The predicted molar refractivity (Wildman–Crippen MR) is 120 cm³/mol. The number of fused-ring (bicyclic) bond motifs is 5. The molecule has 0 saturated heterocycles. The van der Waals surface area contributed by atoms with Crippen LogP contribution in [0.1, 0.15) is 105 Å². The van der Waals surface area contributed by atoms with Crippen molar-refractivity contribution in [2.24, 2.45) is 46.3 Å². The Labute approximate surface area is 183 Å². The zero-order chi connectivity index (χ0) is 21.9. The Morgan fingerprint density at radius 1 is 1.03 bits per heavy atom. The highest BCUT2D eigenvalue weighted by molar-refractivity contribution is 5.90. The van der Waals surface area contributed by atoms with Crippen molar-refractivity contribution in [3.63, 3.8) is 0 Å². The standard InChI is InChI=1S/C27H44O3/c1-17(2)7-6-12-27(5,30)24-9-8-20-19-16-23(29)22-15-18(28)10-13-25(22,3)21(19)11-14-26(20,24)4/h17,19-22,24,30H,6-16H2,1-5H3/t19-,20-,21-,22+,24-,25+,26-,27+/m0/s1. The molecule has 4 aliphatic carbocycles. The highest BCUT2D eigenvalue weighted by Crippen LogP contribution is 2.68. The van der Waals surface area contributed by atoms with Gasteiger partial charge in [-0.3, -0.25) is 9.59 Å². The molecule has 0 radical (unpaired) electrons. The highest BCUT2D eigenvalue weighted by atomic mass is 16.3. The third kappa shape index (κ3) is 3.51. The molecule has 0 aromatic rings. The number of carbonyl (C=O) groups is 2. The van der Waals surface area contributed by atoms with Gasteiger partial charge in [0.15, 0.2) is 0 Å². The minimum Gasteiger partial charge on any atom is -0.390 e. The average Bonchev–Trinajstić information content (AvgIpc) is 3.01. The van der Waals surface area contributed by atoms with Gasteiger partial charge in [-0.05, 0) is 85.9 Å². The fourth-order valence-corrected chi connectivity index (χ4v) is 8.90. The van der Waals surface area contributed by atoms with Crippen molar-refractivity contribution < 1.29 is 14.7 Å². The van der Waals surface area contributed by atoms with Crippen molar-refractivity contribution in [1.29, 1.82) is 0 Å². The first-order valence-electron chi connectivity index (χ1n) is 12.8. The van der Waals surface area contributed by atoms with Crippen LogP contribution in [0.15, 0.2) is 0 Å². The van der Waals surface area contributed by atoms with E-state index >= 15 is 0 Å². The van der Waals surface area contributed by atoms with Crippen LogP contribution in [0.5, 0.6) is 0 Å². The predicted octanol–water partition coefficient (Wildman–Crippen LogP) is 5.97. The first kappa shape index (κ1) is 22.5. The second kappa shape index (κ2) is 7.71. The van der Waals surface area contributed by atoms with E-state index in [1.165, 1.54) is 19.3 Å². The minimum atomic E-state index is -0.604. The molecule has 170 valence electrons. The smallest absolute Gasteiger partial charge is 0.137 e. The summed E-state index contributed by atoms with van der Waals surface area (Å²) in [6.45, 7) is 11.4. The van der Waals surface area contributed by atoms with E-state index in [1.807, 2.05) is 0 Å². The Morgan fingerprint density at radius 3 is 2.43 bits per heavy atom. The van der Waals surface area contributed by atoms with Gasteiger partial charge in [-0.1, -0.05) is 40.5 Å². The molecule has 0 heterocycles. The zero-order valence-electron chi connectivity index (χ0n) is 20.0. The Hall–Kier alpha value is -0.700. The van der Waals surface area contributed by atoms with Gasteiger partial charge in [0.25, 0.3) is 0 Å². The molecule has 4 fully saturated rings. The van der Waals surface area contributed by atoms with E-state index in [0.29, 0.717) is 60.4 Å². The van der Waals surface area contributed by atoms with Gasteiger partial charge in [0, 0.05) is 25.2 Å². The highest BCUT2D eigenvalue weighted by Gasteiger charge is 2.63. The van der Waals surface area contributed by atoms with Crippen LogP contribution in [0.25, 0.3) is 0 Å². The van der Waals surface area contributed by atoms with Crippen LogP contribution in [0, 0.1) is 46.3 Å². The zero-order valence-corrected chi connectivity index (χ0v) is 20.0. The van der Waals surface area contributed by atoms with E-state index in [4.69, 9.17) is 0 Å². The molecule has 0 aliphatic heterocycles. The van der Waals surface area contributed by atoms with Crippen LogP contribution >= 0.6 is 0 Å². The first-order chi connectivity index (χ1) is 14.0. The summed E-state index contributed by atoms with van der Waals surface area (Å²) in [5.74, 6) is 3.26. The molecule has 4 aliphatic rings. The maximum absolute atomic E-state index is 13.2. The van der Waals surface area contributed by atoms with Gasteiger partial charge >= 0.3 is 0 Å². The van der Waals surface area contributed by atoms with Crippen LogP contribution in [-0.2, 0) is 9.59 Å². The molecule has 0 amide bonds. The van der Waals surface area contributed by atoms with Gasteiger partial charge in [0.2, 0.25) is 0 Å². The number of rotatable bonds is 5. The van der Waals surface area contributed by atoms with E-state index in [0.717, 1.165) is 32.1 Å². The van der Waals surface area contributed by atoms with E-state index in [9.17, 15) is 14.7 Å². The SMILES string of the molecule is CC(C)CCC[C@@](C)(O)[C@H]1CC[C@H]2[C@@H]3CC(=O)[C@H]4CC(=O)CC[C@]4(C)[C@H]3CC[C@@]21C. The fourth-order valence-electron chi connectivity index (χ4n) is 8.90. The third-order valence-electron chi connectivity index (χ3n) is 10.5. The lowest BCUT2D eigenvalue weighted by molar-refractivity contribution is -0.162. The molecule has 1 N–H and O–H groups in total. The van der Waals surface area contributed by atoms with Crippen molar-refractivity contribution >= 4 is 11.6 Å². The fraction of sp³-hybridized carbons (Fsp3) is 0.926. The first-order valence-corrected chi connectivity index (χ1v) is 12.8. The Bertz CT molecular complexity index is 694. The number of ketones is 2. The molecular formula is C27H44O3. The molecule has 3 nitrogen and oxygen atoms in total. The number of Topliss-reactive ketones (excluding diaryl/α,β-unsaturated/α-hetero) is 2. The third-order valence-corrected chi connectivity index (χ3v) is 10.5. The maximum Gasteiger partial charge on any atom is 0.137 e. The summed E-state index contributed by atoms with van der Waals surface area (Å²) in [4.78, 5) is 25.3. The van der Waals surface area contributed by atoms with Crippen LogP contribution < -0.4 is 0 Å². The lowest BCUT2D eigenvalue weighted by Crippen LogP contribution is -2.57. The summed E-state index contributed by atoms with van der Waals surface area (Å²) < 4.78 is 0. The second-order valence-corrected chi connectivity index (χ2v) is 12.7. The van der Waals surface area contributed by atoms with Crippen LogP contribution in [0.4, 0.5) is 0 Å². The quantitative estimate of drug-likeness (QED) is 0.600. The Balaban J connectivity index is 1.55. The van der Waals surface area contributed by atoms with Crippen LogP contribution in [-0.4, -0.2) is 22.3 Å². The van der Waals surface area contributed by atoms with Crippen molar-refractivity contribution in [1.82, 2.24) is 0 Å². The minimum absolute atomic E-state index is 0.0209. The molecule has 0 aromatic heterocycles. The second-order valence-electron chi connectivity index (χ2n) is 12.7. The summed E-state index contributed by atoms with van der Waals surface area (Å²) in [5.41, 5.74) is -0.433. The van der Waals surface area contributed by atoms with Crippen LogP contribution in [0.2, 0.25) is 0 Å². The average molecular weight is 417 g/mol. The maximum atomic E-state index is 13.2. The lowest BCUT2D eigenvalue weighted by Gasteiger charge is -2.60. The van der Waals surface area contributed by atoms with Gasteiger partial charge in [-0.25, -0.2) is 0 Å². The molecule has 0 aromatic carbocycles. The van der Waals surface area contributed by atoms with Crippen molar-refractivity contribution in [2.75, 3.05) is 0 Å². The normalized spacial score (nSPS) is 45.6. The van der Waals surface area contributed by atoms with Gasteiger partial charge in [0.1, 0.15) is 11.6 Å². The summed E-state index contributed by atoms with van der Waals surface area (Å²) >= 11 is 0. The van der Waals surface area contributed by atoms with E-state index in [1.54, 1.807) is 0 Å². The lowest BCUT2D eigenvalue weighted by atomic mass is 9.44. The van der Waals surface area contributed by atoms with E-state index < -0.39 is 5.60 Å². The molecule has 4 rings (SSSR count). The molecule has 30 heavy (non-hydrogen) atoms. The Kier molecular flexibility index (Phi) is 5.78. The van der Waals surface area contributed by atoms with E-state index in [2.05, 4.69) is 34.6 Å². The molecule has 0 unspecified atom stereocenters. The summed E-state index contributed by atoms with van der Waals surface area (Å²) in [6, 6.07) is 0. The van der Waals surface area contributed by atoms with Gasteiger partial charge in [0.05, 0.1) is 5.60 Å². The molecule has 8 atom stereocenters. The molecule has 0 spiro atoms. The Morgan fingerprint density at radius 2 is 1.73 bits per heavy atom. The molecular weight excluding hydrogens is 372 g/mol. The molecule has 0 bridgehead atoms. The van der Waals surface area contributed by atoms with Gasteiger partial charge < -0.3 is 5.11 Å². The van der Waals surface area contributed by atoms with Crippen molar-refractivity contribution in [3.8, 4) is 0 Å². The summed E-state index contributed by atoms with van der Waals surface area (Å²) in [5, 5.41) is 11.5. The summed E-state index contributed by atoms with van der Waals surface area (Å²) in [6.07, 6.45) is 10.5. The molecule has 4 saturated carbocycles. The van der Waals surface area contributed by atoms with Crippen molar-refractivity contribution in [3.05, 3.63) is 0 Å². The van der Waals surface area contributed by atoms with Crippen LogP contribution in [0.3, 0.4) is 0 Å². The number of carbonyl (C=O) groups excluding carboxylic acids is 2. The number of hydrogen-bond acceptors (Lipinski definition) is 3. The monoisotopic (exact) mass is 416 g/mol. The van der Waals surface area contributed by atoms with Crippen molar-refractivity contribution in [2.45, 2.75) is 111 Å². The number of hydrogen-bond donors (Lipinski definition) is 1. The largest absolute Gasteiger partial charge is 0.390 e. The molecule has 3 heteroatoms. The topological polar surface area (TPSA) is 54.4 Å². The van der Waals surface area contributed by atoms with E-state index in [-0.39, 0.29) is 16.7 Å². The summed E-state index contributed by atoms with van der Waals surface area (Å²) in [7, 11) is 0.